The molecule has 1 aromatic rings. The maximum Gasteiger partial charge on any atom is 0.217 e. The Morgan fingerprint density at radius 2 is 2.14 bits per heavy atom. The third kappa shape index (κ3) is 3.92. The van der Waals surface area contributed by atoms with Crippen molar-refractivity contribution in [2.45, 2.75) is 52.2 Å². The van der Waals surface area contributed by atoms with Gasteiger partial charge < -0.3 is 0 Å². The van der Waals surface area contributed by atoms with Crippen molar-refractivity contribution in [3.8, 4) is 0 Å². The van der Waals surface area contributed by atoms with Gasteiger partial charge in [-0.25, -0.2) is 18.1 Å². The highest BCUT2D eigenvalue weighted by atomic mass is 32.2. The van der Waals surface area contributed by atoms with E-state index in [4.69, 9.17) is 12.2 Å². The second-order valence-corrected chi connectivity index (χ2v) is 9.23. The van der Waals surface area contributed by atoms with Crippen LogP contribution in [0.1, 0.15) is 39.9 Å². The van der Waals surface area contributed by atoms with Crippen molar-refractivity contribution in [2.75, 3.05) is 18.1 Å². The Labute approximate surface area is 131 Å². The Hall–Kier alpha value is -0.730. The number of H-pyrrole nitrogens is 1. The number of aromatic nitrogens is 3. The zero-order valence-electron chi connectivity index (χ0n) is 13.1. The highest BCUT2D eigenvalue weighted by Gasteiger charge is 2.32. The van der Waals surface area contributed by atoms with Crippen LogP contribution in [0.25, 0.3) is 0 Å². The van der Waals surface area contributed by atoms with E-state index in [0.29, 0.717) is 17.9 Å². The molecule has 6 nitrogen and oxygen atoms in total. The fourth-order valence-electron chi connectivity index (χ4n) is 2.51. The Kier molecular flexibility index (Phi) is 4.60. The number of nitrogens with zero attached hydrogens (tertiary/aromatic N) is 3. The minimum atomic E-state index is -2.87. The molecule has 2 rings (SSSR count). The maximum absolute atomic E-state index is 11.6. The average Bonchev–Trinajstić information content (AvgIpc) is 2.89. The average molecular weight is 332 g/mol. The van der Waals surface area contributed by atoms with Gasteiger partial charge in [-0.2, -0.15) is 0 Å². The van der Waals surface area contributed by atoms with Gasteiger partial charge in [-0.3, -0.25) is 10.00 Å². The van der Waals surface area contributed by atoms with Gasteiger partial charge in [-0.15, -0.1) is 0 Å². The molecule has 21 heavy (non-hydrogen) atoms. The topological polar surface area (TPSA) is 71.0 Å². The van der Waals surface area contributed by atoms with Gasteiger partial charge in [0.25, 0.3) is 0 Å². The largest absolute Gasteiger partial charge is 0.281 e. The summed E-state index contributed by atoms with van der Waals surface area (Å²) in [4.78, 5) is 6.55. The lowest BCUT2D eigenvalue weighted by molar-refractivity contribution is 0.163. The Morgan fingerprint density at radius 1 is 1.48 bits per heavy atom. The maximum atomic E-state index is 11.6. The molecule has 120 valence electrons. The first kappa shape index (κ1) is 16.6. The van der Waals surface area contributed by atoms with Gasteiger partial charge in [0, 0.05) is 11.5 Å². The lowest BCUT2D eigenvalue weighted by atomic mass is 9.96. The molecule has 1 aliphatic heterocycles. The van der Waals surface area contributed by atoms with Gasteiger partial charge in [0.15, 0.2) is 9.84 Å². The number of hydrogen-bond acceptors (Lipinski definition) is 5. The van der Waals surface area contributed by atoms with Crippen LogP contribution in [0.5, 0.6) is 0 Å². The highest BCUT2D eigenvalue weighted by molar-refractivity contribution is 7.91. The first-order chi connectivity index (χ1) is 9.62. The van der Waals surface area contributed by atoms with Crippen molar-refractivity contribution in [1.82, 2.24) is 19.7 Å². The van der Waals surface area contributed by atoms with E-state index in [1.807, 2.05) is 11.6 Å². The molecule has 2 heterocycles. The van der Waals surface area contributed by atoms with E-state index in [1.54, 1.807) is 0 Å². The Balaban J connectivity index is 2.16. The normalized spacial score (nSPS) is 22.0. The monoisotopic (exact) mass is 332 g/mol. The van der Waals surface area contributed by atoms with Gasteiger partial charge in [0.05, 0.1) is 18.2 Å². The van der Waals surface area contributed by atoms with Crippen LogP contribution in [0.15, 0.2) is 0 Å². The standard InChI is InChI=1S/C13H24N4O2S2/c1-5-16(10-6-7-21(18,19)8-10)9-17-12(20)14-11(15-17)13(2,3)4/h10H,5-9H2,1-4H3,(H,14,15,20)/t10-/m0/s1. The van der Waals surface area contributed by atoms with E-state index in [1.165, 1.54) is 0 Å². The van der Waals surface area contributed by atoms with Gasteiger partial charge in [0.1, 0.15) is 5.82 Å². The minimum absolute atomic E-state index is 0.0725. The van der Waals surface area contributed by atoms with E-state index in [2.05, 4.69) is 35.8 Å². The SMILES string of the molecule is CCN(Cn1[nH]c(C(C)(C)C)nc1=S)[C@H]1CCS(=O)(=O)C1. The summed E-state index contributed by atoms with van der Waals surface area (Å²) in [6, 6.07) is 0.0725. The number of aromatic amines is 1. The molecule has 1 N–H and O–H groups in total. The van der Waals surface area contributed by atoms with Crippen molar-refractivity contribution < 1.29 is 8.42 Å². The second-order valence-electron chi connectivity index (χ2n) is 6.64. The second kappa shape index (κ2) is 5.81. The van der Waals surface area contributed by atoms with Gasteiger partial charge in [0.2, 0.25) is 4.77 Å². The van der Waals surface area contributed by atoms with Crippen LogP contribution in [0.3, 0.4) is 0 Å². The molecular formula is C13H24N4O2S2. The van der Waals surface area contributed by atoms with Crippen LogP contribution in [-0.4, -0.2) is 52.2 Å². The molecule has 1 saturated heterocycles. The molecule has 0 aliphatic carbocycles. The van der Waals surface area contributed by atoms with Gasteiger partial charge >= 0.3 is 0 Å². The van der Waals surface area contributed by atoms with Crippen LogP contribution in [0.2, 0.25) is 0 Å². The van der Waals surface area contributed by atoms with Crippen LogP contribution in [-0.2, 0) is 21.9 Å². The lowest BCUT2D eigenvalue weighted by Crippen LogP contribution is -2.37. The number of hydrogen-bond donors (Lipinski definition) is 1. The van der Waals surface area contributed by atoms with Gasteiger partial charge in [-0.05, 0) is 25.2 Å². The molecule has 8 heteroatoms. The molecule has 1 atom stereocenters. The van der Waals surface area contributed by atoms with Gasteiger partial charge in [-0.1, -0.05) is 27.7 Å². The molecule has 0 bridgehead atoms. The summed E-state index contributed by atoms with van der Waals surface area (Å²) in [5.74, 6) is 1.38. The summed E-state index contributed by atoms with van der Waals surface area (Å²) in [7, 11) is -2.87. The van der Waals surface area contributed by atoms with Crippen molar-refractivity contribution in [1.29, 1.82) is 0 Å². The third-order valence-electron chi connectivity index (χ3n) is 3.84. The van der Waals surface area contributed by atoms with Crippen molar-refractivity contribution >= 4 is 22.1 Å². The number of rotatable bonds is 4. The molecule has 0 spiro atoms. The summed E-state index contributed by atoms with van der Waals surface area (Å²) < 4.78 is 25.6. The Morgan fingerprint density at radius 3 is 2.57 bits per heavy atom. The molecule has 0 radical (unpaired) electrons. The van der Waals surface area contributed by atoms with Crippen LogP contribution < -0.4 is 0 Å². The fourth-order valence-corrected chi connectivity index (χ4v) is 4.46. The lowest BCUT2D eigenvalue weighted by Gasteiger charge is -2.26. The van der Waals surface area contributed by atoms with E-state index < -0.39 is 9.84 Å². The quantitative estimate of drug-likeness (QED) is 0.850. The molecule has 0 saturated carbocycles. The minimum Gasteiger partial charge on any atom is -0.281 e. The first-order valence-corrected chi connectivity index (χ1v) is 9.47. The molecule has 0 amide bonds. The fraction of sp³-hybridized carbons (Fsp3) is 0.846. The molecular weight excluding hydrogens is 308 g/mol. The molecule has 1 fully saturated rings. The molecule has 1 aliphatic rings. The summed E-state index contributed by atoms with van der Waals surface area (Å²) in [5.41, 5.74) is -0.0907. The van der Waals surface area contributed by atoms with Crippen molar-refractivity contribution in [3.05, 3.63) is 10.6 Å². The summed E-state index contributed by atoms with van der Waals surface area (Å²) in [5, 5.41) is 3.24. The van der Waals surface area contributed by atoms with Crippen LogP contribution >= 0.6 is 12.2 Å². The summed E-state index contributed by atoms with van der Waals surface area (Å²) in [6.07, 6.45) is 0.698. The zero-order valence-corrected chi connectivity index (χ0v) is 14.7. The van der Waals surface area contributed by atoms with Crippen LogP contribution in [0, 0.1) is 4.77 Å². The van der Waals surface area contributed by atoms with Crippen molar-refractivity contribution in [3.63, 3.8) is 0 Å². The zero-order chi connectivity index (χ0) is 15.8. The number of nitrogens with one attached hydrogen (secondary N) is 1. The van der Waals surface area contributed by atoms with E-state index in [9.17, 15) is 8.42 Å². The summed E-state index contributed by atoms with van der Waals surface area (Å²) in [6.45, 7) is 9.60. The van der Waals surface area contributed by atoms with Crippen molar-refractivity contribution in [2.24, 2.45) is 0 Å². The van der Waals surface area contributed by atoms with E-state index in [0.717, 1.165) is 12.4 Å². The number of sulfone groups is 1. The predicted molar refractivity (Wildman–Crippen MR) is 85.6 cm³/mol. The first-order valence-electron chi connectivity index (χ1n) is 7.24. The smallest absolute Gasteiger partial charge is 0.217 e. The predicted octanol–water partition coefficient (Wildman–Crippen LogP) is 1.70. The summed E-state index contributed by atoms with van der Waals surface area (Å²) >= 11 is 5.30. The van der Waals surface area contributed by atoms with E-state index in [-0.39, 0.29) is 23.0 Å². The highest BCUT2D eigenvalue weighted by Crippen LogP contribution is 2.20. The Bertz CT molecular complexity index is 654. The molecule has 0 aromatic carbocycles. The molecule has 1 aromatic heterocycles. The molecule has 0 unspecified atom stereocenters. The van der Waals surface area contributed by atoms with Crippen LogP contribution in [0.4, 0.5) is 0 Å². The van der Waals surface area contributed by atoms with E-state index >= 15 is 0 Å². The third-order valence-corrected chi connectivity index (χ3v) is 5.91.